The summed E-state index contributed by atoms with van der Waals surface area (Å²) in [7, 11) is 8.06. The smallest absolute Gasteiger partial charge is 0.230 e. The summed E-state index contributed by atoms with van der Waals surface area (Å²) in [4.78, 5) is 0. The van der Waals surface area contributed by atoms with E-state index < -0.39 is 0 Å². The summed E-state index contributed by atoms with van der Waals surface area (Å²) < 4.78 is 23.1. The molecule has 0 saturated heterocycles. The minimum Gasteiger partial charge on any atom is -0.497 e. The van der Waals surface area contributed by atoms with E-state index in [1.165, 1.54) is 41.2 Å². The summed E-state index contributed by atoms with van der Waals surface area (Å²) in [5, 5.41) is 1.01. The van der Waals surface area contributed by atoms with Gasteiger partial charge < -0.3 is 18.9 Å². The summed E-state index contributed by atoms with van der Waals surface area (Å²) in [6.45, 7) is 1.81. The van der Waals surface area contributed by atoms with Gasteiger partial charge in [0, 0.05) is 0 Å². The van der Waals surface area contributed by atoms with Gasteiger partial charge in [-0.2, -0.15) is 0 Å². The molecule has 6 rings (SSSR count). The first-order valence-corrected chi connectivity index (χ1v) is 13.0. The Morgan fingerprint density at radius 2 is 1.29 bits per heavy atom. The molecule has 6 bridgehead atoms. The fourth-order valence-electron chi connectivity index (χ4n) is 4.56. The van der Waals surface area contributed by atoms with Gasteiger partial charge in [0.15, 0.2) is 7.28 Å². The monoisotopic (exact) mass is 454 g/mol. The van der Waals surface area contributed by atoms with Crippen LogP contribution in [0.25, 0.3) is 0 Å². The molecule has 0 saturated carbocycles. The van der Waals surface area contributed by atoms with Crippen LogP contribution in [0.5, 0.6) is 23.0 Å². The maximum Gasteiger partial charge on any atom is 0.230 e. The third kappa shape index (κ3) is 5.14. The van der Waals surface area contributed by atoms with Gasteiger partial charge in [0.1, 0.15) is 23.0 Å². The lowest BCUT2D eigenvalue weighted by Gasteiger charge is -2.25. The number of rotatable bonds is 4. The molecule has 4 aliphatic heterocycles. The molecule has 2 atom stereocenters. The first kappa shape index (κ1) is 22.7. The molecule has 0 fully saturated rings. The van der Waals surface area contributed by atoms with Crippen molar-refractivity contribution in [3.05, 3.63) is 29.8 Å². The van der Waals surface area contributed by atoms with Gasteiger partial charge in [-0.3, -0.25) is 0 Å². The Labute approximate surface area is 196 Å². The minimum absolute atomic E-state index is 0.504. The van der Waals surface area contributed by atoms with Gasteiger partial charge >= 0.3 is 0 Å². The number of hydrogen-bond donors (Lipinski definition) is 0. The van der Waals surface area contributed by atoms with Crippen molar-refractivity contribution in [1.29, 1.82) is 0 Å². The van der Waals surface area contributed by atoms with Crippen molar-refractivity contribution in [2.24, 2.45) is 0 Å². The Morgan fingerprint density at radius 3 is 2.00 bits per heavy atom. The number of hydrogen-bond acceptors (Lipinski definition) is 6. The minimum atomic E-state index is 0.504. The lowest BCUT2D eigenvalue weighted by atomic mass is 9.64. The van der Waals surface area contributed by atoms with Crippen LogP contribution in [0.1, 0.15) is 24.8 Å². The standard InChI is InChI=1S/C22H29B3O4S2/c1-26-18-11-16-19(27-2)9-13(18)8-14-6-5-7-22(31-25-16)23-15-10-21(29-4)17(24-30-14)12-20(15)28-3/h9-12,14,22-25H,5-8H2,1-4H3. The zero-order valence-corrected chi connectivity index (χ0v) is 20.5. The third-order valence-electron chi connectivity index (χ3n) is 6.26. The number of benzene rings is 2. The highest BCUT2D eigenvalue weighted by Crippen LogP contribution is 2.32. The average molecular weight is 454 g/mol. The fraction of sp³-hybridized carbons (Fsp3) is 0.455. The molecule has 4 aliphatic rings. The maximum atomic E-state index is 5.79. The first-order valence-electron chi connectivity index (χ1n) is 10.9. The summed E-state index contributed by atoms with van der Waals surface area (Å²) >= 11 is 4.01. The van der Waals surface area contributed by atoms with Crippen molar-refractivity contribution < 1.29 is 18.9 Å². The highest BCUT2D eigenvalue weighted by molar-refractivity contribution is 8.25. The molecular formula is C22H29B3O4S2. The second-order valence-corrected chi connectivity index (χ2v) is 10.7. The Morgan fingerprint density at radius 1 is 0.710 bits per heavy atom. The van der Waals surface area contributed by atoms with Gasteiger partial charge in [-0.15, -0.1) is 0 Å². The number of ether oxygens (including phenoxy) is 4. The van der Waals surface area contributed by atoms with Crippen molar-refractivity contribution in [2.45, 2.75) is 36.1 Å². The van der Waals surface area contributed by atoms with Crippen molar-refractivity contribution in [3.8, 4) is 23.0 Å². The second-order valence-electron chi connectivity index (χ2n) is 8.16. The van der Waals surface area contributed by atoms with E-state index in [0.717, 1.165) is 49.8 Å². The molecule has 0 spiro atoms. The largest absolute Gasteiger partial charge is 0.497 e. The lowest BCUT2D eigenvalue weighted by molar-refractivity contribution is 0.400. The first-order chi connectivity index (χ1) is 15.1. The Hall–Kier alpha value is -1.47. The molecule has 31 heavy (non-hydrogen) atoms. The molecule has 2 aromatic carbocycles. The van der Waals surface area contributed by atoms with Gasteiger partial charge in [-0.25, -0.2) is 23.2 Å². The normalized spacial score (nSPS) is 20.3. The fourth-order valence-corrected chi connectivity index (χ4v) is 7.10. The van der Waals surface area contributed by atoms with E-state index in [-0.39, 0.29) is 0 Å². The predicted molar refractivity (Wildman–Crippen MR) is 140 cm³/mol. The van der Waals surface area contributed by atoms with E-state index in [1.54, 1.807) is 28.4 Å². The molecule has 0 amide bonds. The summed E-state index contributed by atoms with van der Waals surface area (Å²) in [6, 6.07) is 8.76. The van der Waals surface area contributed by atoms with Crippen LogP contribution in [0.3, 0.4) is 0 Å². The van der Waals surface area contributed by atoms with Crippen molar-refractivity contribution in [1.82, 2.24) is 0 Å². The molecule has 4 nitrogen and oxygen atoms in total. The Kier molecular flexibility index (Phi) is 7.65. The zero-order chi connectivity index (χ0) is 21.8. The molecule has 2 aromatic rings. The zero-order valence-electron chi connectivity index (χ0n) is 18.9. The van der Waals surface area contributed by atoms with Crippen molar-refractivity contribution in [3.63, 3.8) is 0 Å². The van der Waals surface area contributed by atoms with E-state index in [2.05, 4.69) is 24.3 Å². The quantitative estimate of drug-likeness (QED) is 0.650. The highest BCUT2D eigenvalue weighted by Gasteiger charge is 2.25. The van der Waals surface area contributed by atoms with Crippen LogP contribution < -0.4 is 35.3 Å². The Bertz CT molecular complexity index is 855. The molecule has 162 valence electrons. The Balaban J connectivity index is 1.79. The molecule has 0 aromatic heterocycles. The van der Waals surface area contributed by atoms with Gasteiger partial charge in [-0.05, 0) is 75.9 Å². The van der Waals surface area contributed by atoms with Crippen molar-refractivity contribution in [2.75, 3.05) is 28.4 Å². The van der Waals surface area contributed by atoms with Gasteiger partial charge in [0.2, 0.25) is 13.1 Å². The molecule has 0 radical (unpaired) electrons. The van der Waals surface area contributed by atoms with Crippen LogP contribution in [-0.2, 0) is 6.42 Å². The number of methoxy groups -OCH3 is 4. The third-order valence-corrected chi connectivity index (χ3v) is 8.97. The van der Waals surface area contributed by atoms with Crippen LogP contribution >= 0.6 is 23.2 Å². The summed E-state index contributed by atoms with van der Waals surface area (Å²) in [5.41, 5.74) is 4.87. The molecule has 0 aliphatic carbocycles. The van der Waals surface area contributed by atoms with Crippen LogP contribution in [-0.4, -0.2) is 59.2 Å². The van der Waals surface area contributed by atoms with Crippen molar-refractivity contribution >= 4 is 60.0 Å². The highest BCUT2D eigenvalue weighted by atomic mass is 32.2. The van der Waals surface area contributed by atoms with Gasteiger partial charge in [0.25, 0.3) is 0 Å². The van der Waals surface area contributed by atoms with E-state index in [4.69, 9.17) is 18.9 Å². The van der Waals surface area contributed by atoms with Crippen LogP contribution in [0, 0.1) is 0 Å². The molecule has 9 heteroatoms. The summed E-state index contributed by atoms with van der Waals surface area (Å²) in [6.07, 6.45) is 4.61. The maximum absolute atomic E-state index is 5.79. The lowest BCUT2D eigenvalue weighted by Crippen LogP contribution is -2.33. The van der Waals surface area contributed by atoms with E-state index in [1.807, 2.05) is 23.2 Å². The summed E-state index contributed by atoms with van der Waals surface area (Å²) in [5.74, 6) is 3.91. The number of fused-ring (bicyclic) bond motifs is 6. The van der Waals surface area contributed by atoms with Gasteiger partial charge in [0.05, 0.1) is 28.4 Å². The molecule has 2 unspecified atom stereocenters. The predicted octanol–water partition coefficient (Wildman–Crippen LogP) is 1.34. The SMILES string of the molecule is COc1cc2c(OC)cc1BSC1CCCC(B2)SBc2cc(OC)c(cc2OC)C1. The topological polar surface area (TPSA) is 36.9 Å². The van der Waals surface area contributed by atoms with E-state index >= 15 is 0 Å². The molecular weight excluding hydrogens is 425 g/mol. The van der Waals surface area contributed by atoms with Crippen LogP contribution in [0.4, 0.5) is 0 Å². The van der Waals surface area contributed by atoms with Crippen LogP contribution in [0.2, 0.25) is 0 Å². The molecule has 4 heterocycles. The van der Waals surface area contributed by atoms with E-state index in [9.17, 15) is 0 Å². The van der Waals surface area contributed by atoms with Gasteiger partial charge in [-0.1, -0.05) is 6.42 Å². The van der Waals surface area contributed by atoms with E-state index in [0.29, 0.717) is 10.4 Å². The van der Waals surface area contributed by atoms with Crippen LogP contribution in [0.15, 0.2) is 24.3 Å². The second kappa shape index (κ2) is 10.4. The molecule has 0 N–H and O–H groups in total. The average Bonchev–Trinajstić information content (AvgIpc) is 2.78.